The summed E-state index contributed by atoms with van der Waals surface area (Å²) in [6.45, 7) is 7.54. The van der Waals surface area contributed by atoms with E-state index in [0.29, 0.717) is 11.3 Å². The molecule has 1 saturated carbocycles. The molecule has 1 aliphatic carbocycles. The van der Waals surface area contributed by atoms with E-state index >= 15 is 0 Å². The van der Waals surface area contributed by atoms with Crippen LogP contribution < -0.4 is 5.32 Å². The van der Waals surface area contributed by atoms with E-state index in [0.717, 1.165) is 36.7 Å². The fourth-order valence-electron chi connectivity index (χ4n) is 6.15. The number of hydrogen-bond acceptors (Lipinski definition) is 4. The largest absolute Gasteiger partial charge is 0.481 e. The first-order valence-corrected chi connectivity index (χ1v) is 11.1. The highest BCUT2D eigenvalue weighted by molar-refractivity contribution is 5.96. The maximum Gasteiger partial charge on any atom is 0.325 e. The molecule has 4 rings (SSSR count). The highest BCUT2D eigenvalue weighted by Gasteiger charge is 2.52. The van der Waals surface area contributed by atoms with Crippen LogP contribution in [-0.2, 0) is 14.4 Å². The van der Waals surface area contributed by atoms with Crippen LogP contribution in [0.2, 0.25) is 0 Å². The van der Waals surface area contributed by atoms with Crippen LogP contribution in [0.4, 0.5) is 5.69 Å². The van der Waals surface area contributed by atoms with Crippen LogP contribution in [0.1, 0.15) is 64.5 Å². The fourth-order valence-corrected chi connectivity index (χ4v) is 6.15. The van der Waals surface area contributed by atoms with E-state index in [2.05, 4.69) is 36.0 Å². The number of aliphatic carboxylic acids is 2. The number of anilines is 1. The zero-order valence-corrected chi connectivity index (χ0v) is 18.8. The van der Waals surface area contributed by atoms with E-state index in [4.69, 9.17) is 5.11 Å². The summed E-state index contributed by atoms with van der Waals surface area (Å²) < 4.78 is 0. The molecule has 0 unspecified atom stereocenters. The summed E-state index contributed by atoms with van der Waals surface area (Å²) in [4.78, 5) is 40.6. The standard InChI is InChI=1S/C24H31N3O5/c1-23(2)9-15-10-24(3,12-23)13-27(15)21(22(31)32)17-11-25-18-5-4-14(8-16(17)18)26-19(28)6-7-20(29)30/h4-5,8,11,15,21,25H,6-7,9-10,12-13H2,1-3H3,(H,26,28)(H,29,30)(H,31,32)/t15-,21+,24+/m1/s1. The Labute approximate surface area is 187 Å². The molecule has 2 fully saturated rings. The Morgan fingerprint density at radius 2 is 1.94 bits per heavy atom. The number of rotatable bonds is 7. The molecule has 8 heteroatoms. The van der Waals surface area contributed by atoms with Crippen LogP contribution in [-0.4, -0.2) is 50.5 Å². The monoisotopic (exact) mass is 441 g/mol. The fraction of sp³-hybridized carbons (Fsp3) is 0.542. The Balaban J connectivity index is 1.64. The summed E-state index contributed by atoms with van der Waals surface area (Å²) in [5.74, 6) is -2.29. The summed E-state index contributed by atoms with van der Waals surface area (Å²) >= 11 is 0. The van der Waals surface area contributed by atoms with Crippen molar-refractivity contribution >= 4 is 34.4 Å². The van der Waals surface area contributed by atoms with E-state index in [1.165, 1.54) is 0 Å². The molecule has 1 aromatic carbocycles. The number of aromatic amines is 1. The van der Waals surface area contributed by atoms with E-state index < -0.39 is 18.0 Å². The number of hydrogen-bond donors (Lipinski definition) is 4. The Morgan fingerprint density at radius 3 is 2.62 bits per heavy atom. The third-order valence-corrected chi connectivity index (χ3v) is 6.88. The molecule has 2 aromatic rings. The van der Waals surface area contributed by atoms with Gasteiger partial charge in [-0.25, -0.2) is 0 Å². The minimum Gasteiger partial charge on any atom is -0.481 e. The van der Waals surface area contributed by atoms with Gasteiger partial charge in [-0.05, 0) is 48.3 Å². The van der Waals surface area contributed by atoms with Crippen LogP contribution in [0.25, 0.3) is 10.9 Å². The normalized spacial score (nSPS) is 25.5. The Hall–Kier alpha value is -2.87. The highest BCUT2D eigenvalue weighted by atomic mass is 16.4. The molecule has 4 N–H and O–H groups in total. The molecule has 1 amide bonds. The number of H-pyrrole nitrogens is 1. The molecular weight excluding hydrogens is 410 g/mol. The van der Waals surface area contributed by atoms with Gasteiger partial charge in [-0.15, -0.1) is 0 Å². The number of likely N-dealkylation sites (tertiary alicyclic amines) is 1. The zero-order valence-electron chi connectivity index (χ0n) is 18.8. The number of carbonyl (C=O) groups excluding carboxylic acids is 1. The molecule has 2 bridgehead atoms. The van der Waals surface area contributed by atoms with Gasteiger partial charge in [0.2, 0.25) is 5.91 Å². The average Bonchev–Trinajstić information content (AvgIpc) is 3.17. The number of aromatic nitrogens is 1. The average molecular weight is 442 g/mol. The number of nitrogens with one attached hydrogen (secondary N) is 2. The van der Waals surface area contributed by atoms with Gasteiger partial charge in [0.25, 0.3) is 0 Å². The minimum absolute atomic E-state index is 0.107. The lowest BCUT2D eigenvalue weighted by Gasteiger charge is -2.40. The highest BCUT2D eigenvalue weighted by Crippen LogP contribution is 2.54. The molecule has 2 aliphatic rings. The molecule has 8 nitrogen and oxygen atoms in total. The first-order chi connectivity index (χ1) is 15.0. The van der Waals surface area contributed by atoms with Crippen molar-refractivity contribution in [1.82, 2.24) is 9.88 Å². The second kappa shape index (κ2) is 7.92. The molecule has 0 radical (unpaired) electrons. The number of carboxylic acids is 2. The topological polar surface area (TPSA) is 123 Å². The van der Waals surface area contributed by atoms with Gasteiger partial charge in [-0.1, -0.05) is 20.8 Å². The first kappa shape index (κ1) is 22.3. The number of fused-ring (bicyclic) bond motifs is 3. The number of carboxylic acid groups (broad SMARTS) is 2. The molecule has 1 saturated heterocycles. The molecule has 172 valence electrons. The van der Waals surface area contributed by atoms with Crippen molar-refractivity contribution < 1.29 is 24.6 Å². The van der Waals surface area contributed by atoms with Crippen LogP contribution in [0.15, 0.2) is 24.4 Å². The van der Waals surface area contributed by atoms with Gasteiger partial charge in [-0.3, -0.25) is 19.3 Å². The second-order valence-corrected chi connectivity index (χ2v) is 10.6. The molecule has 2 heterocycles. The third kappa shape index (κ3) is 4.37. The van der Waals surface area contributed by atoms with Crippen LogP contribution >= 0.6 is 0 Å². The van der Waals surface area contributed by atoms with E-state index in [-0.39, 0.29) is 35.6 Å². The number of nitrogens with zero attached hydrogens (tertiary/aromatic N) is 1. The van der Waals surface area contributed by atoms with Crippen LogP contribution in [0.3, 0.4) is 0 Å². The van der Waals surface area contributed by atoms with Crippen molar-refractivity contribution in [3.8, 4) is 0 Å². The van der Waals surface area contributed by atoms with Crippen molar-refractivity contribution in [3.63, 3.8) is 0 Å². The second-order valence-electron chi connectivity index (χ2n) is 10.6. The summed E-state index contributed by atoms with van der Waals surface area (Å²) in [5, 5.41) is 22.5. The van der Waals surface area contributed by atoms with Gasteiger partial charge in [0.15, 0.2) is 0 Å². The van der Waals surface area contributed by atoms with Crippen molar-refractivity contribution in [2.45, 2.75) is 65.0 Å². The van der Waals surface area contributed by atoms with E-state index in [1.54, 1.807) is 24.4 Å². The van der Waals surface area contributed by atoms with Gasteiger partial charge in [0.1, 0.15) is 6.04 Å². The zero-order chi connectivity index (χ0) is 23.3. The SMILES string of the molecule is CC1(C)C[C@@H]2C[C@](C)(CN2[C@H](C(=O)O)c2c[nH]c3ccc(NC(=O)CCC(=O)O)cc23)C1. The van der Waals surface area contributed by atoms with E-state index in [1.807, 2.05) is 0 Å². The smallest absolute Gasteiger partial charge is 0.325 e. The van der Waals surface area contributed by atoms with Gasteiger partial charge in [0.05, 0.1) is 6.42 Å². The lowest BCUT2D eigenvalue weighted by atomic mass is 9.65. The Bertz CT molecular complexity index is 1070. The van der Waals surface area contributed by atoms with Gasteiger partial charge in [0, 0.05) is 47.4 Å². The van der Waals surface area contributed by atoms with Gasteiger partial charge < -0.3 is 20.5 Å². The lowest BCUT2D eigenvalue weighted by molar-refractivity contribution is -0.144. The predicted molar refractivity (Wildman–Crippen MR) is 120 cm³/mol. The summed E-state index contributed by atoms with van der Waals surface area (Å²) in [7, 11) is 0. The number of amides is 1. The maximum atomic E-state index is 12.5. The summed E-state index contributed by atoms with van der Waals surface area (Å²) in [6, 6.07) is 4.74. The molecule has 1 aliphatic heterocycles. The summed E-state index contributed by atoms with van der Waals surface area (Å²) in [5.41, 5.74) is 2.29. The Morgan fingerprint density at radius 1 is 1.19 bits per heavy atom. The Kier molecular flexibility index (Phi) is 5.53. The first-order valence-electron chi connectivity index (χ1n) is 11.1. The number of carbonyl (C=O) groups is 3. The summed E-state index contributed by atoms with van der Waals surface area (Å²) in [6.07, 6.45) is 4.47. The van der Waals surface area contributed by atoms with Crippen LogP contribution in [0.5, 0.6) is 0 Å². The van der Waals surface area contributed by atoms with Crippen molar-refractivity contribution in [1.29, 1.82) is 0 Å². The molecular formula is C24H31N3O5. The van der Waals surface area contributed by atoms with Crippen molar-refractivity contribution in [2.75, 3.05) is 11.9 Å². The van der Waals surface area contributed by atoms with Crippen LogP contribution in [0, 0.1) is 10.8 Å². The lowest BCUT2D eigenvalue weighted by Crippen LogP contribution is -2.39. The van der Waals surface area contributed by atoms with Crippen molar-refractivity contribution in [2.24, 2.45) is 10.8 Å². The minimum atomic E-state index is -1.03. The molecule has 3 atom stereocenters. The predicted octanol–water partition coefficient (Wildman–Crippen LogP) is 4.00. The van der Waals surface area contributed by atoms with Gasteiger partial charge >= 0.3 is 11.9 Å². The quantitative estimate of drug-likeness (QED) is 0.515. The molecule has 1 aromatic heterocycles. The maximum absolute atomic E-state index is 12.5. The third-order valence-electron chi connectivity index (χ3n) is 6.88. The van der Waals surface area contributed by atoms with Gasteiger partial charge in [-0.2, -0.15) is 0 Å². The number of benzene rings is 1. The molecule has 0 spiro atoms. The van der Waals surface area contributed by atoms with Crippen molar-refractivity contribution in [3.05, 3.63) is 30.0 Å². The molecule has 32 heavy (non-hydrogen) atoms. The van der Waals surface area contributed by atoms with E-state index in [9.17, 15) is 19.5 Å².